The minimum Gasteiger partial charge on any atom is -0.461 e. The topological polar surface area (TPSA) is 29.5 Å². The third-order valence-corrected chi connectivity index (χ3v) is 4.13. The van der Waals surface area contributed by atoms with Crippen LogP contribution in [-0.4, -0.2) is 38.1 Å². The van der Waals surface area contributed by atoms with Gasteiger partial charge in [-0.1, -0.05) is 41.9 Å². The first-order valence-corrected chi connectivity index (χ1v) is 7.87. The zero-order valence-corrected chi connectivity index (χ0v) is 13.9. The van der Waals surface area contributed by atoms with E-state index in [1.54, 1.807) is 6.07 Å². The molecule has 0 radical (unpaired) electrons. The summed E-state index contributed by atoms with van der Waals surface area (Å²) in [5, 5.41) is 4.43. The molecule has 0 fully saturated rings. The van der Waals surface area contributed by atoms with Gasteiger partial charge < -0.3 is 9.64 Å². The number of carbonyl (C=O) groups is 1. The summed E-state index contributed by atoms with van der Waals surface area (Å²) in [5.74, 6) is -0.377. The van der Waals surface area contributed by atoms with Crippen molar-refractivity contribution in [3.8, 4) is 0 Å². The molecular formula is C19H18ClNO2. The molecule has 3 nitrogen and oxygen atoms in total. The van der Waals surface area contributed by atoms with Crippen molar-refractivity contribution in [3.63, 3.8) is 0 Å². The third-order valence-electron chi connectivity index (χ3n) is 3.81. The second kappa shape index (κ2) is 6.57. The number of esters is 1. The standard InChI is InChI=1S/C19H18ClNO2/c1-21(2)9-10-23-19(22)18-16-12-14-6-4-3-5-13(14)11-15(16)7-8-17(18)20/h3-8,11-12H,9-10H2,1-2H3. The Kier molecular flexibility index (Phi) is 4.51. The number of halogens is 1. The van der Waals surface area contributed by atoms with Crippen LogP contribution in [0.5, 0.6) is 0 Å². The first-order chi connectivity index (χ1) is 11.1. The van der Waals surface area contributed by atoms with Crippen LogP contribution in [0.2, 0.25) is 5.02 Å². The molecule has 3 aromatic carbocycles. The number of nitrogens with zero attached hydrogens (tertiary/aromatic N) is 1. The van der Waals surface area contributed by atoms with Crippen molar-refractivity contribution < 1.29 is 9.53 Å². The number of carbonyl (C=O) groups excluding carboxylic acids is 1. The van der Waals surface area contributed by atoms with Crippen LogP contribution in [0.15, 0.2) is 48.5 Å². The largest absolute Gasteiger partial charge is 0.461 e. The van der Waals surface area contributed by atoms with Gasteiger partial charge in [-0.05, 0) is 53.8 Å². The summed E-state index contributed by atoms with van der Waals surface area (Å²) in [5.41, 5.74) is 0.439. The second-order valence-electron chi connectivity index (χ2n) is 5.78. The van der Waals surface area contributed by atoms with Gasteiger partial charge in [0.05, 0.1) is 10.6 Å². The van der Waals surface area contributed by atoms with Crippen LogP contribution in [-0.2, 0) is 4.74 Å². The molecule has 0 aliphatic rings. The highest BCUT2D eigenvalue weighted by molar-refractivity contribution is 6.35. The highest BCUT2D eigenvalue weighted by atomic mass is 35.5. The van der Waals surface area contributed by atoms with Crippen molar-refractivity contribution in [2.24, 2.45) is 0 Å². The fourth-order valence-electron chi connectivity index (χ4n) is 2.59. The number of likely N-dealkylation sites (N-methyl/N-ethyl adjacent to an activating group) is 1. The summed E-state index contributed by atoms with van der Waals surface area (Å²) in [6.07, 6.45) is 0. The van der Waals surface area contributed by atoms with Gasteiger partial charge >= 0.3 is 5.97 Å². The lowest BCUT2D eigenvalue weighted by molar-refractivity contribution is 0.0484. The Balaban J connectivity index is 2.05. The van der Waals surface area contributed by atoms with Gasteiger partial charge in [-0.2, -0.15) is 0 Å². The first-order valence-electron chi connectivity index (χ1n) is 7.49. The Hall–Kier alpha value is -2.10. The summed E-state index contributed by atoms with van der Waals surface area (Å²) in [7, 11) is 3.87. The van der Waals surface area contributed by atoms with Crippen molar-refractivity contribution in [1.82, 2.24) is 4.90 Å². The van der Waals surface area contributed by atoms with Gasteiger partial charge in [-0.15, -0.1) is 0 Å². The van der Waals surface area contributed by atoms with Gasteiger partial charge in [0.1, 0.15) is 6.61 Å². The molecule has 0 spiro atoms. The highest BCUT2D eigenvalue weighted by Gasteiger charge is 2.16. The van der Waals surface area contributed by atoms with Gasteiger partial charge in [-0.3, -0.25) is 0 Å². The van der Waals surface area contributed by atoms with Crippen molar-refractivity contribution >= 4 is 39.1 Å². The Morgan fingerprint density at radius 1 is 1.04 bits per heavy atom. The fraction of sp³-hybridized carbons (Fsp3) is 0.211. The molecule has 0 bridgehead atoms. The molecule has 0 amide bonds. The Morgan fingerprint density at radius 3 is 2.43 bits per heavy atom. The first kappa shape index (κ1) is 15.8. The molecule has 0 unspecified atom stereocenters. The van der Waals surface area contributed by atoms with E-state index < -0.39 is 0 Å². The van der Waals surface area contributed by atoms with E-state index in [4.69, 9.17) is 16.3 Å². The lowest BCUT2D eigenvalue weighted by Gasteiger charge is -2.12. The Labute approximate surface area is 140 Å². The van der Waals surface area contributed by atoms with E-state index >= 15 is 0 Å². The third kappa shape index (κ3) is 3.31. The van der Waals surface area contributed by atoms with E-state index in [0.29, 0.717) is 23.7 Å². The van der Waals surface area contributed by atoms with Crippen molar-refractivity contribution in [1.29, 1.82) is 0 Å². The number of fused-ring (bicyclic) bond motifs is 2. The minimum atomic E-state index is -0.377. The zero-order chi connectivity index (χ0) is 16.4. The van der Waals surface area contributed by atoms with Crippen LogP contribution in [0.3, 0.4) is 0 Å². The van der Waals surface area contributed by atoms with Crippen LogP contribution in [0.4, 0.5) is 0 Å². The van der Waals surface area contributed by atoms with Gasteiger partial charge in [0.15, 0.2) is 0 Å². The number of rotatable bonds is 4. The maximum Gasteiger partial charge on any atom is 0.340 e. The predicted octanol–water partition coefficient (Wildman–Crippen LogP) is 4.36. The lowest BCUT2D eigenvalue weighted by Crippen LogP contribution is -2.20. The summed E-state index contributed by atoms with van der Waals surface area (Å²) in [4.78, 5) is 14.4. The maximum atomic E-state index is 12.5. The van der Waals surface area contributed by atoms with Gasteiger partial charge in [-0.25, -0.2) is 4.79 Å². The van der Waals surface area contributed by atoms with Crippen LogP contribution < -0.4 is 0 Å². The number of benzene rings is 3. The number of hydrogen-bond donors (Lipinski definition) is 0. The van der Waals surface area contributed by atoms with Crippen molar-refractivity contribution in [2.75, 3.05) is 27.2 Å². The molecule has 0 atom stereocenters. The van der Waals surface area contributed by atoms with Gasteiger partial charge in [0.2, 0.25) is 0 Å². The highest BCUT2D eigenvalue weighted by Crippen LogP contribution is 2.30. The maximum absolute atomic E-state index is 12.5. The Bertz CT molecular complexity index is 874. The van der Waals surface area contributed by atoms with Crippen molar-refractivity contribution in [3.05, 3.63) is 59.1 Å². The van der Waals surface area contributed by atoms with E-state index in [1.807, 2.05) is 49.3 Å². The van der Waals surface area contributed by atoms with Gasteiger partial charge in [0, 0.05) is 6.54 Å². The molecule has 0 heterocycles. The van der Waals surface area contributed by atoms with Crippen LogP contribution >= 0.6 is 11.6 Å². The molecule has 0 aromatic heterocycles. The normalized spacial score (nSPS) is 11.3. The van der Waals surface area contributed by atoms with E-state index in [0.717, 1.165) is 21.5 Å². The van der Waals surface area contributed by atoms with Crippen LogP contribution in [0.1, 0.15) is 10.4 Å². The van der Waals surface area contributed by atoms with E-state index in [9.17, 15) is 4.79 Å². The molecule has 0 aliphatic heterocycles. The molecule has 118 valence electrons. The average Bonchev–Trinajstić information content (AvgIpc) is 2.52. The molecule has 0 saturated heterocycles. The van der Waals surface area contributed by atoms with E-state index in [1.165, 1.54) is 0 Å². The zero-order valence-electron chi connectivity index (χ0n) is 13.2. The number of ether oxygens (including phenoxy) is 1. The summed E-state index contributed by atoms with van der Waals surface area (Å²) in [6, 6.07) is 15.8. The lowest BCUT2D eigenvalue weighted by atomic mass is 9.99. The second-order valence-corrected chi connectivity index (χ2v) is 6.19. The Morgan fingerprint density at radius 2 is 1.74 bits per heavy atom. The quantitative estimate of drug-likeness (QED) is 0.526. The van der Waals surface area contributed by atoms with Gasteiger partial charge in [0.25, 0.3) is 0 Å². The minimum absolute atomic E-state index is 0.339. The summed E-state index contributed by atoms with van der Waals surface area (Å²) >= 11 is 6.28. The monoisotopic (exact) mass is 327 g/mol. The summed E-state index contributed by atoms with van der Waals surface area (Å²) in [6.45, 7) is 1.02. The molecule has 0 aliphatic carbocycles. The molecule has 3 aromatic rings. The predicted molar refractivity (Wildman–Crippen MR) is 95.3 cm³/mol. The molecule has 3 rings (SSSR count). The smallest absolute Gasteiger partial charge is 0.340 e. The van der Waals surface area contributed by atoms with E-state index in [-0.39, 0.29) is 5.97 Å². The molecule has 23 heavy (non-hydrogen) atoms. The molecule has 0 saturated carbocycles. The summed E-state index contributed by atoms with van der Waals surface area (Å²) < 4.78 is 5.37. The van der Waals surface area contributed by atoms with Crippen molar-refractivity contribution in [2.45, 2.75) is 0 Å². The average molecular weight is 328 g/mol. The SMILES string of the molecule is CN(C)CCOC(=O)c1c(Cl)ccc2cc3ccccc3cc12. The molecule has 0 N–H and O–H groups in total. The van der Waals surface area contributed by atoms with E-state index in [2.05, 4.69) is 12.1 Å². The number of hydrogen-bond acceptors (Lipinski definition) is 3. The fourth-order valence-corrected chi connectivity index (χ4v) is 2.83. The van der Waals surface area contributed by atoms with Crippen LogP contribution in [0.25, 0.3) is 21.5 Å². The molecule has 4 heteroatoms. The molecular weight excluding hydrogens is 310 g/mol. The van der Waals surface area contributed by atoms with Crippen LogP contribution in [0, 0.1) is 0 Å².